The lowest BCUT2D eigenvalue weighted by molar-refractivity contribution is -0.143. The Hall–Kier alpha value is -1.69. The van der Waals surface area contributed by atoms with E-state index in [1.165, 1.54) is 14.2 Å². The molecular weight excluding hydrogens is 246 g/mol. The summed E-state index contributed by atoms with van der Waals surface area (Å²) in [6.45, 7) is 4.58. The zero-order valence-corrected chi connectivity index (χ0v) is 11.8. The van der Waals surface area contributed by atoms with E-state index in [-0.39, 0.29) is 12.0 Å². The number of carbonyl (C=O) groups is 1. The molecule has 0 aromatic carbocycles. The Balaban J connectivity index is 2.56. The second-order valence-corrected chi connectivity index (χ2v) is 4.65. The first-order chi connectivity index (χ1) is 9.06. The SMILES string of the molecule is COC(=O)C(CC(C)C)NCc1ccc(OC)nn1. The highest BCUT2D eigenvalue weighted by molar-refractivity contribution is 5.75. The van der Waals surface area contributed by atoms with Gasteiger partial charge < -0.3 is 9.47 Å². The maximum Gasteiger partial charge on any atom is 0.322 e. The average Bonchev–Trinajstić information content (AvgIpc) is 2.42. The molecule has 0 bridgehead atoms. The van der Waals surface area contributed by atoms with Crippen molar-refractivity contribution in [3.8, 4) is 5.88 Å². The molecular formula is C13H21N3O3. The van der Waals surface area contributed by atoms with Gasteiger partial charge in [0.05, 0.1) is 19.9 Å². The lowest BCUT2D eigenvalue weighted by atomic mass is 10.0. The van der Waals surface area contributed by atoms with Crippen LogP contribution < -0.4 is 10.1 Å². The Morgan fingerprint density at radius 2 is 2.05 bits per heavy atom. The fourth-order valence-electron chi connectivity index (χ4n) is 1.66. The van der Waals surface area contributed by atoms with E-state index in [2.05, 4.69) is 29.4 Å². The molecule has 1 N–H and O–H groups in total. The molecule has 1 heterocycles. The van der Waals surface area contributed by atoms with Crippen molar-refractivity contribution in [1.29, 1.82) is 0 Å². The van der Waals surface area contributed by atoms with Crippen LogP contribution in [0.25, 0.3) is 0 Å². The van der Waals surface area contributed by atoms with Crippen LogP contribution in [0, 0.1) is 5.92 Å². The van der Waals surface area contributed by atoms with Crippen LogP contribution in [0.15, 0.2) is 12.1 Å². The molecule has 6 nitrogen and oxygen atoms in total. The number of rotatable bonds is 7. The largest absolute Gasteiger partial charge is 0.480 e. The Morgan fingerprint density at radius 1 is 1.32 bits per heavy atom. The third-order valence-electron chi connectivity index (χ3n) is 2.63. The van der Waals surface area contributed by atoms with Gasteiger partial charge in [0, 0.05) is 12.6 Å². The fourth-order valence-corrected chi connectivity index (χ4v) is 1.66. The first-order valence-corrected chi connectivity index (χ1v) is 6.24. The molecule has 0 saturated heterocycles. The average molecular weight is 267 g/mol. The van der Waals surface area contributed by atoms with Gasteiger partial charge in [-0.3, -0.25) is 10.1 Å². The number of nitrogens with one attached hydrogen (secondary N) is 1. The van der Waals surface area contributed by atoms with Gasteiger partial charge in [-0.15, -0.1) is 5.10 Å². The Kier molecular flexibility index (Phi) is 6.21. The molecule has 6 heteroatoms. The summed E-state index contributed by atoms with van der Waals surface area (Å²) < 4.78 is 9.72. The zero-order chi connectivity index (χ0) is 14.3. The maximum absolute atomic E-state index is 11.6. The molecule has 106 valence electrons. The highest BCUT2D eigenvalue weighted by atomic mass is 16.5. The summed E-state index contributed by atoms with van der Waals surface area (Å²) in [5.41, 5.74) is 0.749. The van der Waals surface area contributed by atoms with Crippen LogP contribution in [0.1, 0.15) is 26.0 Å². The second kappa shape index (κ2) is 7.68. The first-order valence-electron chi connectivity index (χ1n) is 6.24. The van der Waals surface area contributed by atoms with Crippen molar-refractivity contribution in [3.05, 3.63) is 17.8 Å². The molecule has 0 aliphatic heterocycles. The lowest BCUT2D eigenvalue weighted by Gasteiger charge is -2.17. The van der Waals surface area contributed by atoms with Crippen LogP contribution in [-0.4, -0.2) is 36.4 Å². The molecule has 0 aliphatic rings. The number of aromatic nitrogens is 2. The normalized spacial score (nSPS) is 12.3. The first kappa shape index (κ1) is 15.4. The van der Waals surface area contributed by atoms with Gasteiger partial charge in [0.25, 0.3) is 0 Å². The van der Waals surface area contributed by atoms with Crippen molar-refractivity contribution < 1.29 is 14.3 Å². The summed E-state index contributed by atoms with van der Waals surface area (Å²) in [5.74, 6) is 0.615. The molecule has 0 amide bonds. The quantitative estimate of drug-likeness (QED) is 0.747. The van der Waals surface area contributed by atoms with E-state index in [1.807, 2.05) is 6.07 Å². The fraction of sp³-hybridized carbons (Fsp3) is 0.615. The smallest absolute Gasteiger partial charge is 0.322 e. The molecule has 0 aliphatic carbocycles. The molecule has 1 aromatic rings. The minimum atomic E-state index is -0.325. The molecule has 0 fully saturated rings. The van der Waals surface area contributed by atoms with E-state index in [1.54, 1.807) is 6.07 Å². The highest BCUT2D eigenvalue weighted by Gasteiger charge is 2.19. The molecule has 0 radical (unpaired) electrons. The van der Waals surface area contributed by atoms with E-state index in [0.29, 0.717) is 18.3 Å². The van der Waals surface area contributed by atoms with Crippen molar-refractivity contribution in [2.24, 2.45) is 5.92 Å². The van der Waals surface area contributed by atoms with Crippen molar-refractivity contribution in [3.63, 3.8) is 0 Å². The maximum atomic E-state index is 11.6. The third kappa shape index (κ3) is 5.21. The predicted molar refractivity (Wildman–Crippen MR) is 70.7 cm³/mol. The van der Waals surface area contributed by atoms with Crippen LogP contribution in [-0.2, 0) is 16.1 Å². The van der Waals surface area contributed by atoms with Gasteiger partial charge in [-0.2, -0.15) is 5.10 Å². The molecule has 0 spiro atoms. The molecule has 1 aromatic heterocycles. The number of carbonyl (C=O) groups excluding carboxylic acids is 1. The molecule has 0 saturated carbocycles. The lowest BCUT2D eigenvalue weighted by Crippen LogP contribution is -2.38. The number of esters is 1. The number of hydrogen-bond donors (Lipinski definition) is 1. The third-order valence-corrected chi connectivity index (χ3v) is 2.63. The van der Waals surface area contributed by atoms with Gasteiger partial charge in [-0.05, 0) is 18.4 Å². The van der Waals surface area contributed by atoms with Gasteiger partial charge in [-0.25, -0.2) is 0 Å². The van der Waals surface area contributed by atoms with E-state index in [4.69, 9.17) is 9.47 Å². The second-order valence-electron chi connectivity index (χ2n) is 4.65. The molecule has 1 unspecified atom stereocenters. The summed E-state index contributed by atoms with van der Waals surface area (Å²) in [6.07, 6.45) is 0.719. The van der Waals surface area contributed by atoms with Gasteiger partial charge in [-0.1, -0.05) is 13.8 Å². The molecule has 19 heavy (non-hydrogen) atoms. The van der Waals surface area contributed by atoms with Crippen molar-refractivity contribution in [2.75, 3.05) is 14.2 Å². The van der Waals surface area contributed by atoms with Gasteiger partial charge in [0.2, 0.25) is 5.88 Å². The topological polar surface area (TPSA) is 73.3 Å². The van der Waals surface area contributed by atoms with E-state index in [0.717, 1.165) is 12.1 Å². The molecule has 1 rings (SSSR count). The zero-order valence-electron chi connectivity index (χ0n) is 11.8. The van der Waals surface area contributed by atoms with E-state index < -0.39 is 0 Å². The van der Waals surface area contributed by atoms with E-state index >= 15 is 0 Å². The van der Waals surface area contributed by atoms with Crippen LogP contribution in [0.5, 0.6) is 5.88 Å². The van der Waals surface area contributed by atoms with Crippen LogP contribution in [0.2, 0.25) is 0 Å². The van der Waals surface area contributed by atoms with E-state index in [9.17, 15) is 4.79 Å². The van der Waals surface area contributed by atoms with Crippen LogP contribution in [0.4, 0.5) is 0 Å². The predicted octanol–water partition coefficient (Wildman–Crippen LogP) is 1.16. The van der Waals surface area contributed by atoms with Crippen molar-refractivity contribution in [1.82, 2.24) is 15.5 Å². The summed E-state index contributed by atoms with van der Waals surface area (Å²) in [5, 5.41) is 11.0. The standard InChI is InChI=1S/C13H21N3O3/c1-9(2)7-11(13(17)19-4)14-8-10-5-6-12(18-3)16-15-10/h5-6,9,11,14H,7-8H2,1-4H3. The summed E-state index contributed by atoms with van der Waals surface area (Å²) in [6, 6.07) is 3.22. The van der Waals surface area contributed by atoms with Crippen LogP contribution in [0.3, 0.4) is 0 Å². The Labute approximate surface area is 113 Å². The number of methoxy groups -OCH3 is 2. The van der Waals surface area contributed by atoms with Crippen LogP contribution >= 0.6 is 0 Å². The van der Waals surface area contributed by atoms with Gasteiger partial charge in [0.1, 0.15) is 6.04 Å². The van der Waals surface area contributed by atoms with Gasteiger partial charge >= 0.3 is 5.97 Å². The molecule has 1 atom stereocenters. The van der Waals surface area contributed by atoms with Gasteiger partial charge in [0.15, 0.2) is 0 Å². The Morgan fingerprint density at radius 3 is 2.53 bits per heavy atom. The van der Waals surface area contributed by atoms with Crippen molar-refractivity contribution >= 4 is 5.97 Å². The number of hydrogen-bond acceptors (Lipinski definition) is 6. The minimum absolute atomic E-state index is 0.254. The highest BCUT2D eigenvalue weighted by Crippen LogP contribution is 2.08. The number of ether oxygens (including phenoxy) is 2. The summed E-state index contributed by atoms with van der Waals surface area (Å²) in [4.78, 5) is 11.6. The minimum Gasteiger partial charge on any atom is -0.480 e. The Bertz CT molecular complexity index is 393. The van der Waals surface area contributed by atoms with Crippen molar-refractivity contribution in [2.45, 2.75) is 32.9 Å². The monoisotopic (exact) mass is 267 g/mol. The number of nitrogens with zero attached hydrogens (tertiary/aromatic N) is 2. The summed E-state index contributed by atoms with van der Waals surface area (Å²) in [7, 11) is 2.93. The summed E-state index contributed by atoms with van der Waals surface area (Å²) >= 11 is 0.